The van der Waals surface area contributed by atoms with E-state index in [0.29, 0.717) is 5.69 Å². The van der Waals surface area contributed by atoms with Crippen LogP contribution in [-0.4, -0.2) is 20.1 Å². The summed E-state index contributed by atoms with van der Waals surface area (Å²) in [7, 11) is -3.63. The topological polar surface area (TPSA) is 72.2 Å². The third kappa shape index (κ3) is 4.89. The van der Waals surface area contributed by atoms with Crippen molar-refractivity contribution < 1.29 is 12.8 Å². The summed E-state index contributed by atoms with van der Waals surface area (Å²) < 4.78 is 38.6. The fraction of sp³-hybridized carbons (Fsp3) is 0.400. The predicted molar refractivity (Wildman–Crippen MR) is 66.0 cm³/mol. The van der Waals surface area contributed by atoms with Gasteiger partial charge in [-0.15, -0.1) is 0 Å². The molecule has 0 aliphatic carbocycles. The monoisotopic (exact) mass is 280 g/mol. The second-order valence-corrected chi connectivity index (χ2v) is 6.34. The van der Waals surface area contributed by atoms with E-state index < -0.39 is 15.2 Å². The highest BCUT2D eigenvalue weighted by Crippen LogP contribution is 2.19. The first kappa shape index (κ1) is 14.2. The molecule has 0 saturated heterocycles. The molecule has 1 atom stereocenters. The van der Waals surface area contributed by atoms with Crippen LogP contribution in [0.5, 0.6) is 0 Å². The standard InChI is InChI=1S/C10H14ClFN2O2S/c1-10(11,12)6-7-14-17(15,16)9-4-2-8(13)3-5-9/h2-5,14H,6-7,13H2,1H3. The lowest BCUT2D eigenvalue weighted by Gasteiger charge is -2.12. The van der Waals surface area contributed by atoms with Gasteiger partial charge in [-0.1, -0.05) is 11.6 Å². The van der Waals surface area contributed by atoms with Gasteiger partial charge in [-0.25, -0.2) is 17.5 Å². The third-order valence-corrected chi connectivity index (χ3v) is 3.71. The van der Waals surface area contributed by atoms with E-state index in [9.17, 15) is 12.8 Å². The Labute approximate surface area is 105 Å². The molecule has 4 nitrogen and oxygen atoms in total. The molecule has 0 heterocycles. The number of halogens is 2. The molecule has 17 heavy (non-hydrogen) atoms. The number of hydrogen-bond donors (Lipinski definition) is 2. The average molecular weight is 281 g/mol. The summed E-state index contributed by atoms with van der Waals surface area (Å²) in [5, 5.41) is -1.91. The average Bonchev–Trinajstić information content (AvgIpc) is 2.15. The van der Waals surface area contributed by atoms with Crippen molar-refractivity contribution in [3.8, 4) is 0 Å². The molecule has 1 aromatic rings. The number of rotatable bonds is 5. The maximum atomic E-state index is 12.9. The van der Waals surface area contributed by atoms with E-state index in [4.69, 9.17) is 17.3 Å². The van der Waals surface area contributed by atoms with Gasteiger partial charge in [-0.3, -0.25) is 0 Å². The Bertz CT molecular complexity index is 468. The number of nitrogen functional groups attached to an aromatic ring is 1. The minimum Gasteiger partial charge on any atom is -0.399 e. The third-order valence-electron chi connectivity index (χ3n) is 2.05. The first-order chi connectivity index (χ1) is 7.71. The zero-order valence-electron chi connectivity index (χ0n) is 9.28. The van der Waals surface area contributed by atoms with Crippen LogP contribution in [0.4, 0.5) is 10.1 Å². The summed E-state index contributed by atoms with van der Waals surface area (Å²) >= 11 is 5.31. The Morgan fingerprint density at radius 1 is 1.41 bits per heavy atom. The zero-order chi connectivity index (χ0) is 13.1. The van der Waals surface area contributed by atoms with Gasteiger partial charge in [0.2, 0.25) is 10.0 Å². The first-order valence-corrected chi connectivity index (χ1v) is 6.80. The molecule has 96 valence electrons. The van der Waals surface area contributed by atoms with E-state index in [1.807, 2.05) is 0 Å². The van der Waals surface area contributed by atoms with Crippen molar-refractivity contribution in [2.75, 3.05) is 12.3 Å². The van der Waals surface area contributed by atoms with Crippen LogP contribution in [0.1, 0.15) is 13.3 Å². The van der Waals surface area contributed by atoms with Crippen molar-refractivity contribution in [1.82, 2.24) is 4.72 Å². The van der Waals surface area contributed by atoms with Gasteiger partial charge in [-0.05, 0) is 31.2 Å². The first-order valence-electron chi connectivity index (χ1n) is 4.94. The van der Waals surface area contributed by atoms with Crippen LogP contribution < -0.4 is 10.5 Å². The van der Waals surface area contributed by atoms with E-state index in [-0.39, 0.29) is 17.9 Å². The summed E-state index contributed by atoms with van der Waals surface area (Å²) in [4.78, 5) is 0.0850. The molecule has 0 aliphatic heterocycles. The van der Waals surface area contributed by atoms with Crippen molar-refractivity contribution in [3.05, 3.63) is 24.3 Å². The van der Waals surface area contributed by atoms with Gasteiger partial charge in [0, 0.05) is 18.7 Å². The van der Waals surface area contributed by atoms with Crippen LogP contribution in [0.3, 0.4) is 0 Å². The summed E-state index contributed by atoms with van der Waals surface area (Å²) in [5.41, 5.74) is 5.92. The van der Waals surface area contributed by atoms with Crippen molar-refractivity contribution in [1.29, 1.82) is 0 Å². The highest BCUT2D eigenvalue weighted by Gasteiger charge is 2.20. The molecule has 7 heteroatoms. The molecule has 0 spiro atoms. The van der Waals surface area contributed by atoms with Gasteiger partial charge in [0.05, 0.1) is 4.90 Å². The fourth-order valence-electron chi connectivity index (χ4n) is 1.14. The minimum atomic E-state index is -3.63. The number of benzene rings is 1. The molecular formula is C10H14ClFN2O2S. The van der Waals surface area contributed by atoms with Crippen molar-refractivity contribution in [2.45, 2.75) is 23.4 Å². The highest BCUT2D eigenvalue weighted by atomic mass is 35.5. The second kappa shape index (κ2) is 5.20. The normalized spacial score (nSPS) is 15.5. The Morgan fingerprint density at radius 3 is 2.41 bits per heavy atom. The smallest absolute Gasteiger partial charge is 0.240 e. The second-order valence-electron chi connectivity index (χ2n) is 3.79. The van der Waals surface area contributed by atoms with Gasteiger partial charge < -0.3 is 5.73 Å². The summed E-state index contributed by atoms with van der Waals surface area (Å²) in [6.45, 7) is 1.11. The van der Waals surface area contributed by atoms with Gasteiger partial charge >= 0.3 is 0 Å². The van der Waals surface area contributed by atoms with Crippen LogP contribution in [0.25, 0.3) is 0 Å². The van der Waals surface area contributed by atoms with Gasteiger partial charge in [0.1, 0.15) is 0 Å². The van der Waals surface area contributed by atoms with Gasteiger partial charge in [0.25, 0.3) is 0 Å². The molecule has 1 aromatic carbocycles. The summed E-state index contributed by atoms with van der Waals surface area (Å²) in [6.07, 6.45) is -0.108. The van der Waals surface area contributed by atoms with Gasteiger partial charge in [0.15, 0.2) is 5.13 Å². The SMILES string of the molecule is CC(F)(Cl)CCNS(=O)(=O)c1ccc(N)cc1. The van der Waals surface area contributed by atoms with E-state index in [1.165, 1.54) is 31.2 Å². The molecule has 0 bridgehead atoms. The lowest BCUT2D eigenvalue weighted by molar-refractivity contribution is 0.288. The number of nitrogens with one attached hydrogen (secondary N) is 1. The van der Waals surface area contributed by atoms with E-state index in [2.05, 4.69) is 4.72 Å². The lowest BCUT2D eigenvalue weighted by atomic mass is 10.3. The highest BCUT2D eigenvalue weighted by molar-refractivity contribution is 7.89. The Morgan fingerprint density at radius 2 is 1.94 bits per heavy atom. The molecule has 1 unspecified atom stereocenters. The minimum absolute atomic E-state index is 0.0663. The molecule has 0 radical (unpaired) electrons. The molecule has 0 aliphatic rings. The maximum Gasteiger partial charge on any atom is 0.240 e. The molecule has 3 N–H and O–H groups in total. The largest absolute Gasteiger partial charge is 0.399 e. The quantitative estimate of drug-likeness (QED) is 0.639. The van der Waals surface area contributed by atoms with Gasteiger partial charge in [-0.2, -0.15) is 0 Å². The summed E-state index contributed by atoms with van der Waals surface area (Å²) in [6, 6.07) is 5.73. The molecule has 0 aromatic heterocycles. The van der Waals surface area contributed by atoms with Crippen LogP contribution in [-0.2, 0) is 10.0 Å². The number of anilines is 1. The number of nitrogens with two attached hydrogens (primary N) is 1. The number of sulfonamides is 1. The molecule has 1 rings (SSSR count). The van der Waals surface area contributed by atoms with E-state index >= 15 is 0 Å². The van der Waals surface area contributed by atoms with Crippen molar-refractivity contribution in [2.24, 2.45) is 0 Å². The lowest BCUT2D eigenvalue weighted by Crippen LogP contribution is -2.28. The fourth-order valence-corrected chi connectivity index (χ4v) is 2.26. The molecule has 0 fully saturated rings. The van der Waals surface area contributed by atoms with Crippen molar-refractivity contribution in [3.63, 3.8) is 0 Å². The predicted octanol–water partition coefficient (Wildman–Crippen LogP) is 1.86. The van der Waals surface area contributed by atoms with Crippen LogP contribution in [0.2, 0.25) is 0 Å². The van der Waals surface area contributed by atoms with Crippen LogP contribution in [0, 0.1) is 0 Å². The number of hydrogen-bond acceptors (Lipinski definition) is 3. The van der Waals surface area contributed by atoms with E-state index in [0.717, 1.165) is 0 Å². The molecule has 0 amide bonds. The number of alkyl halides is 2. The van der Waals surface area contributed by atoms with Crippen molar-refractivity contribution >= 4 is 27.3 Å². The molecular weight excluding hydrogens is 267 g/mol. The maximum absolute atomic E-state index is 12.9. The zero-order valence-corrected chi connectivity index (χ0v) is 10.9. The van der Waals surface area contributed by atoms with Crippen LogP contribution >= 0.6 is 11.6 Å². The summed E-state index contributed by atoms with van der Waals surface area (Å²) in [5.74, 6) is 0. The Hall–Kier alpha value is -0.850. The van der Waals surface area contributed by atoms with Crippen LogP contribution in [0.15, 0.2) is 29.2 Å². The molecule has 0 saturated carbocycles. The Balaban J connectivity index is 2.66. The van der Waals surface area contributed by atoms with E-state index in [1.54, 1.807) is 0 Å². The Kier molecular flexibility index (Phi) is 4.35.